The van der Waals surface area contributed by atoms with Crippen molar-refractivity contribution in [2.75, 3.05) is 13.2 Å². The molecule has 2 aromatic rings. The molecule has 3 nitrogen and oxygen atoms in total. The molecule has 1 aliphatic rings. The number of aromatic nitrogens is 1. The van der Waals surface area contributed by atoms with Crippen molar-refractivity contribution < 1.29 is 9.47 Å². The number of ether oxygens (including phenoxy) is 2. The van der Waals surface area contributed by atoms with Crippen molar-refractivity contribution in [2.24, 2.45) is 0 Å². The van der Waals surface area contributed by atoms with E-state index >= 15 is 0 Å². The minimum atomic E-state index is 0.343. The van der Waals surface area contributed by atoms with Crippen LogP contribution in [0.1, 0.15) is 5.56 Å². The monoisotopic (exact) mass is 269 g/mol. The van der Waals surface area contributed by atoms with Crippen molar-refractivity contribution in [1.82, 2.24) is 4.98 Å². The second-order valence-corrected chi connectivity index (χ2v) is 4.39. The Bertz CT molecular complexity index is 586. The largest absolute Gasteiger partial charge is 0.486 e. The lowest BCUT2D eigenvalue weighted by atomic mass is 10.1. The van der Waals surface area contributed by atoms with Crippen molar-refractivity contribution in [1.29, 1.82) is 0 Å². The van der Waals surface area contributed by atoms with Gasteiger partial charge in [-0.3, -0.25) is 0 Å². The lowest BCUT2D eigenvalue weighted by Gasteiger charge is -2.18. The van der Waals surface area contributed by atoms with Gasteiger partial charge >= 0.3 is 0 Å². The molecular formula is C12H9Cl2NO2. The Morgan fingerprint density at radius 3 is 2.53 bits per heavy atom. The quantitative estimate of drug-likeness (QED) is 0.588. The fraction of sp³-hybridized carbons (Fsp3) is 0.250. The van der Waals surface area contributed by atoms with Gasteiger partial charge in [-0.2, -0.15) is 0 Å². The summed E-state index contributed by atoms with van der Waals surface area (Å²) in [4.78, 5) is 4.30. The fourth-order valence-corrected chi connectivity index (χ4v) is 2.31. The second kappa shape index (κ2) is 4.24. The van der Waals surface area contributed by atoms with Crippen LogP contribution in [0.4, 0.5) is 0 Å². The molecule has 1 aromatic carbocycles. The molecule has 2 heterocycles. The minimum absolute atomic E-state index is 0.343. The normalized spacial score (nSPS) is 14.0. The lowest BCUT2D eigenvalue weighted by Crippen LogP contribution is -2.15. The maximum atomic E-state index is 6.02. The highest BCUT2D eigenvalue weighted by molar-refractivity contribution is 6.31. The van der Waals surface area contributed by atoms with Crippen LogP contribution in [0.25, 0.3) is 10.9 Å². The molecule has 0 saturated carbocycles. The molecule has 0 fully saturated rings. The maximum absolute atomic E-state index is 6.02. The van der Waals surface area contributed by atoms with Crippen LogP contribution in [0.5, 0.6) is 11.5 Å². The van der Waals surface area contributed by atoms with Gasteiger partial charge < -0.3 is 9.47 Å². The summed E-state index contributed by atoms with van der Waals surface area (Å²) in [6.07, 6.45) is 0. The molecule has 0 unspecified atom stereocenters. The van der Waals surface area contributed by atoms with Crippen molar-refractivity contribution in [3.8, 4) is 11.5 Å². The zero-order valence-electron chi connectivity index (χ0n) is 8.87. The van der Waals surface area contributed by atoms with Crippen molar-refractivity contribution >= 4 is 34.1 Å². The Balaban J connectivity index is 2.23. The molecule has 0 saturated heterocycles. The summed E-state index contributed by atoms with van der Waals surface area (Å²) in [6.45, 7) is 1.13. The average Bonchev–Trinajstić information content (AvgIpc) is 2.35. The van der Waals surface area contributed by atoms with Crippen molar-refractivity contribution in [2.45, 2.75) is 5.88 Å². The molecule has 0 spiro atoms. The molecule has 0 amide bonds. The van der Waals surface area contributed by atoms with E-state index in [1.165, 1.54) is 0 Å². The van der Waals surface area contributed by atoms with Crippen LogP contribution in [0.15, 0.2) is 18.2 Å². The summed E-state index contributed by atoms with van der Waals surface area (Å²) in [6, 6.07) is 5.67. The van der Waals surface area contributed by atoms with Crippen LogP contribution in [0.2, 0.25) is 5.15 Å². The van der Waals surface area contributed by atoms with Gasteiger partial charge in [0, 0.05) is 17.0 Å². The predicted molar refractivity (Wildman–Crippen MR) is 67.3 cm³/mol. The van der Waals surface area contributed by atoms with E-state index in [4.69, 9.17) is 32.7 Å². The number of fused-ring (bicyclic) bond motifs is 2. The fourth-order valence-electron chi connectivity index (χ4n) is 1.82. The minimum Gasteiger partial charge on any atom is -0.486 e. The van der Waals surface area contributed by atoms with E-state index in [9.17, 15) is 0 Å². The molecule has 0 atom stereocenters. The van der Waals surface area contributed by atoms with E-state index < -0.39 is 0 Å². The molecule has 88 valence electrons. The topological polar surface area (TPSA) is 31.4 Å². The summed E-state index contributed by atoms with van der Waals surface area (Å²) >= 11 is 11.8. The van der Waals surface area contributed by atoms with Crippen LogP contribution < -0.4 is 9.47 Å². The Labute approximate surface area is 108 Å². The standard InChI is InChI=1S/C12H9Cl2NO2/c13-6-8-3-7-4-10-11(17-2-1-16-10)5-9(7)15-12(8)14/h3-5H,1-2,6H2. The van der Waals surface area contributed by atoms with E-state index in [1.54, 1.807) is 0 Å². The molecule has 0 N–H and O–H groups in total. The Hall–Kier alpha value is -1.19. The molecule has 17 heavy (non-hydrogen) atoms. The van der Waals surface area contributed by atoms with Gasteiger partial charge in [0.1, 0.15) is 18.4 Å². The summed E-state index contributed by atoms with van der Waals surface area (Å²) < 4.78 is 11.0. The van der Waals surface area contributed by atoms with Crippen molar-refractivity contribution in [3.63, 3.8) is 0 Å². The van der Waals surface area contributed by atoms with Crippen LogP contribution in [-0.2, 0) is 5.88 Å². The smallest absolute Gasteiger partial charge is 0.163 e. The van der Waals surface area contributed by atoms with Gasteiger partial charge in [-0.15, -0.1) is 11.6 Å². The van der Waals surface area contributed by atoms with Crippen LogP contribution in [0, 0.1) is 0 Å². The third kappa shape index (κ3) is 1.90. The Morgan fingerprint density at radius 1 is 1.12 bits per heavy atom. The molecule has 0 radical (unpaired) electrons. The van der Waals surface area contributed by atoms with Gasteiger partial charge in [0.25, 0.3) is 0 Å². The van der Waals surface area contributed by atoms with Crippen LogP contribution in [-0.4, -0.2) is 18.2 Å². The second-order valence-electron chi connectivity index (χ2n) is 3.76. The number of hydrogen-bond acceptors (Lipinski definition) is 3. The molecule has 1 aliphatic heterocycles. The highest BCUT2D eigenvalue weighted by Crippen LogP contribution is 2.35. The van der Waals surface area contributed by atoms with E-state index in [0.29, 0.717) is 30.0 Å². The van der Waals surface area contributed by atoms with Gasteiger partial charge in [-0.05, 0) is 12.1 Å². The number of benzene rings is 1. The molecular weight excluding hydrogens is 261 g/mol. The van der Waals surface area contributed by atoms with Gasteiger partial charge in [-0.1, -0.05) is 11.6 Å². The van der Waals surface area contributed by atoms with Gasteiger partial charge in [0.15, 0.2) is 11.5 Å². The summed E-state index contributed by atoms with van der Waals surface area (Å²) in [7, 11) is 0. The highest BCUT2D eigenvalue weighted by Gasteiger charge is 2.14. The third-order valence-electron chi connectivity index (χ3n) is 2.65. The van der Waals surface area contributed by atoms with Gasteiger partial charge in [0.05, 0.1) is 11.4 Å². The Morgan fingerprint density at radius 2 is 1.82 bits per heavy atom. The summed E-state index contributed by atoms with van der Waals surface area (Å²) in [5.74, 6) is 1.80. The van der Waals surface area contributed by atoms with E-state index in [-0.39, 0.29) is 0 Å². The number of halogens is 2. The molecule has 0 aliphatic carbocycles. The zero-order chi connectivity index (χ0) is 11.8. The first kappa shape index (κ1) is 10.9. The van der Waals surface area contributed by atoms with Crippen molar-refractivity contribution in [3.05, 3.63) is 28.9 Å². The third-order valence-corrected chi connectivity index (χ3v) is 3.26. The maximum Gasteiger partial charge on any atom is 0.163 e. The van der Waals surface area contributed by atoms with E-state index in [1.807, 2.05) is 18.2 Å². The number of rotatable bonds is 1. The Kier molecular flexibility index (Phi) is 2.73. The van der Waals surface area contributed by atoms with Gasteiger partial charge in [-0.25, -0.2) is 4.98 Å². The first-order chi connectivity index (χ1) is 8.28. The molecule has 5 heteroatoms. The van der Waals surface area contributed by atoms with Crippen LogP contribution >= 0.6 is 23.2 Å². The lowest BCUT2D eigenvalue weighted by molar-refractivity contribution is 0.172. The number of nitrogens with zero attached hydrogens (tertiary/aromatic N) is 1. The van der Waals surface area contributed by atoms with Gasteiger partial charge in [0.2, 0.25) is 0 Å². The highest BCUT2D eigenvalue weighted by atomic mass is 35.5. The molecule has 1 aromatic heterocycles. The SMILES string of the molecule is ClCc1cc2cc3c(cc2nc1Cl)OCCO3. The first-order valence-corrected chi connectivity index (χ1v) is 6.14. The van der Waals surface area contributed by atoms with Crippen LogP contribution in [0.3, 0.4) is 0 Å². The summed E-state index contributed by atoms with van der Waals surface area (Å²) in [5.41, 5.74) is 1.60. The number of pyridine rings is 1. The molecule has 3 rings (SSSR count). The zero-order valence-corrected chi connectivity index (χ0v) is 10.4. The number of alkyl halides is 1. The van der Waals surface area contributed by atoms with E-state index in [2.05, 4.69) is 4.98 Å². The summed E-state index contributed by atoms with van der Waals surface area (Å²) in [5, 5.41) is 1.39. The number of hydrogen-bond donors (Lipinski definition) is 0. The average molecular weight is 270 g/mol. The van der Waals surface area contributed by atoms with E-state index in [0.717, 1.165) is 22.2 Å². The predicted octanol–water partition coefficient (Wildman–Crippen LogP) is 3.40. The first-order valence-electron chi connectivity index (χ1n) is 5.22. The molecule has 0 bridgehead atoms.